The zero-order chi connectivity index (χ0) is 21.6. The van der Waals surface area contributed by atoms with Gasteiger partial charge in [0.1, 0.15) is 0 Å². The smallest absolute Gasteiger partial charge is 0.257 e. The van der Waals surface area contributed by atoms with Gasteiger partial charge in [0.05, 0.1) is 16.6 Å². The van der Waals surface area contributed by atoms with Gasteiger partial charge in [0.2, 0.25) is 0 Å². The minimum atomic E-state index is -0.227. The Kier molecular flexibility index (Phi) is 6.51. The maximum Gasteiger partial charge on any atom is 0.257 e. The van der Waals surface area contributed by atoms with E-state index in [1.54, 1.807) is 29.1 Å². The Balaban J connectivity index is 1.54. The molecular formula is C25H19Cl2N3O. The van der Waals surface area contributed by atoms with Crippen molar-refractivity contribution >= 4 is 46.6 Å². The number of nitrogens with zero attached hydrogens (tertiary/aromatic N) is 2. The summed E-state index contributed by atoms with van der Waals surface area (Å²) in [4.78, 5) is 13.1. The Morgan fingerprint density at radius 1 is 0.903 bits per heavy atom. The fourth-order valence-electron chi connectivity index (χ4n) is 3.14. The topological polar surface area (TPSA) is 46.9 Å². The van der Waals surface area contributed by atoms with Crippen LogP contribution in [0.15, 0.2) is 91.1 Å². The maximum atomic E-state index is 13.1. The minimum absolute atomic E-state index is 0.227. The van der Waals surface area contributed by atoms with Crippen LogP contribution < -0.4 is 5.32 Å². The van der Waals surface area contributed by atoms with E-state index in [-0.39, 0.29) is 5.91 Å². The molecule has 154 valence electrons. The highest BCUT2D eigenvalue weighted by Gasteiger charge is 2.14. The first-order chi connectivity index (χ1) is 15.1. The van der Waals surface area contributed by atoms with Gasteiger partial charge in [-0.25, -0.2) is 0 Å². The first kappa shape index (κ1) is 20.9. The molecule has 0 spiro atoms. The van der Waals surface area contributed by atoms with Crippen molar-refractivity contribution in [3.63, 3.8) is 0 Å². The van der Waals surface area contributed by atoms with Crippen molar-refractivity contribution in [3.8, 4) is 0 Å². The molecule has 0 atom stereocenters. The lowest BCUT2D eigenvalue weighted by atomic mass is 10.0. The van der Waals surface area contributed by atoms with Crippen LogP contribution in [0.4, 0.5) is 5.82 Å². The second-order valence-corrected chi connectivity index (χ2v) is 7.75. The average molecular weight is 448 g/mol. The van der Waals surface area contributed by atoms with Crippen LogP contribution in [0.5, 0.6) is 0 Å². The molecule has 0 fully saturated rings. The number of benzene rings is 3. The SMILES string of the molecule is O=C(Nc1ccn(Cc2ccc(Cl)c(Cl)c2)n1)/C(=C\c1ccccc1)c1ccccc1. The normalized spacial score (nSPS) is 11.4. The lowest BCUT2D eigenvalue weighted by molar-refractivity contribution is -0.111. The van der Waals surface area contributed by atoms with Crippen molar-refractivity contribution in [2.45, 2.75) is 6.54 Å². The van der Waals surface area contributed by atoms with E-state index >= 15 is 0 Å². The van der Waals surface area contributed by atoms with Crippen LogP contribution in [0.25, 0.3) is 11.6 Å². The van der Waals surface area contributed by atoms with Crippen molar-refractivity contribution in [1.82, 2.24) is 9.78 Å². The van der Waals surface area contributed by atoms with Gasteiger partial charge in [-0.1, -0.05) is 89.9 Å². The molecule has 1 N–H and O–H groups in total. The third-order valence-electron chi connectivity index (χ3n) is 4.65. The molecule has 6 heteroatoms. The second kappa shape index (κ2) is 9.65. The summed E-state index contributed by atoms with van der Waals surface area (Å²) in [6, 6.07) is 26.5. The van der Waals surface area contributed by atoms with Crippen LogP contribution in [0, 0.1) is 0 Å². The van der Waals surface area contributed by atoms with E-state index in [0.717, 1.165) is 16.7 Å². The molecule has 0 radical (unpaired) electrons. The second-order valence-electron chi connectivity index (χ2n) is 6.94. The van der Waals surface area contributed by atoms with Gasteiger partial charge >= 0.3 is 0 Å². The van der Waals surface area contributed by atoms with Crippen LogP contribution in [-0.4, -0.2) is 15.7 Å². The molecule has 1 heterocycles. The van der Waals surface area contributed by atoms with Gasteiger partial charge in [-0.3, -0.25) is 9.48 Å². The molecule has 1 aromatic heterocycles. The minimum Gasteiger partial charge on any atom is -0.305 e. The third kappa shape index (κ3) is 5.43. The largest absolute Gasteiger partial charge is 0.305 e. The number of amides is 1. The predicted octanol–water partition coefficient (Wildman–Crippen LogP) is 6.42. The van der Waals surface area contributed by atoms with E-state index in [1.165, 1.54) is 0 Å². The molecule has 0 saturated carbocycles. The van der Waals surface area contributed by atoms with Crippen LogP contribution in [0.3, 0.4) is 0 Å². The number of rotatable bonds is 6. The summed E-state index contributed by atoms with van der Waals surface area (Å²) in [5, 5.41) is 8.37. The van der Waals surface area contributed by atoms with Crippen molar-refractivity contribution in [2.75, 3.05) is 5.32 Å². The zero-order valence-electron chi connectivity index (χ0n) is 16.5. The molecule has 0 saturated heterocycles. The lowest BCUT2D eigenvalue weighted by Gasteiger charge is -2.08. The van der Waals surface area contributed by atoms with Gasteiger partial charge in [-0.2, -0.15) is 5.10 Å². The molecule has 0 bridgehead atoms. The maximum absolute atomic E-state index is 13.1. The molecule has 4 aromatic rings. The number of carbonyl (C=O) groups is 1. The average Bonchev–Trinajstić information content (AvgIpc) is 3.22. The first-order valence-electron chi connectivity index (χ1n) is 9.69. The van der Waals surface area contributed by atoms with E-state index in [4.69, 9.17) is 23.2 Å². The number of nitrogens with one attached hydrogen (secondary N) is 1. The number of anilines is 1. The quantitative estimate of drug-likeness (QED) is 0.273. The number of halogens is 2. The molecule has 31 heavy (non-hydrogen) atoms. The Labute approximate surface area is 190 Å². The summed E-state index contributed by atoms with van der Waals surface area (Å²) in [5.41, 5.74) is 3.30. The number of hydrogen-bond donors (Lipinski definition) is 1. The summed E-state index contributed by atoms with van der Waals surface area (Å²) < 4.78 is 1.73. The third-order valence-corrected chi connectivity index (χ3v) is 5.39. The van der Waals surface area contributed by atoms with Gasteiger partial charge < -0.3 is 5.32 Å². The van der Waals surface area contributed by atoms with Gasteiger partial charge in [-0.05, 0) is 34.9 Å². The predicted molar refractivity (Wildman–Crippen MR) is 127 cm³/mol. The van der Waals surface area contributed by atoms with Crippen molar-refractivity contribution in [2.24, 2.45) is 0 Å². The Bertz CT molecular complexity index is 1220. The summed E-state index contributed by atoms with van der Waals surface area (Å²) >= 11 is 12.1. The summed E-state index contributed by atoms with van der Waals surface area (Å²) in [6.45, 7) is 0.512. The molecule has 3 aromatic carbocycles. The Hall–Kier alpha value is -3.34. The van der Waals surface area contributed by atoms with E-state index in [9.17, 15) is 4.79 Å². The van der Waals surface area contributed by atoms with Crippen LogP contribution in [0.1, 0.15) is 16.7 Å². The highest BCUT2D eigenvalue weighted by Crippen LogP contribution is 2.23. The number of carbonyl (C=O) groups excluding carboxylic acids is 1. The van der Waals surface area contributed by atoms with E-state index in [0.29, 0.717) is 28.0 Å². The number of aromatic nitrogens is 2. The summed E-state index contributed by atoms with van der Waals surface area (Å²) in [5.74, 6) is 0.245. The van der Waals surface area contributed by atoms with Crippen LogP contribution in [0.2, 0.25) is 10.0 Å². The Morgan fingerprint density at radius 2 is 1.61 bits per heavy atom. The van der Waals surface area contributed by atoms with Gasteiger partial charge in [0, 0.05) is 17.8 Å². The van der Waals surface area contributed by atoms with Crippen molar-refractivity contribution < 1.29 is 4.79 Å². The zero-order valence-corrected chi connectivity index (χ0v) is 18.0. The highest BCUT2D eigenvalue weighted by atomic mass is 35.5. The monoisotopic (exact) mass is 447 g/mol. The van der Waals surface area contributed by atoms with Crippen LogP contribution in [-0.2, 0) is 11.3 Å². The highest BCUT2D eigenvalue weighted by molar-refractivity contribution is 6.42. The molecule has 4 rings (SSSR count). The lowest BCUT2D eigenvalue weighted by Crippen LogP contribution is -2.14. The molecular weight excluding hydrogens is 429 g/mol. The molecule has 4 nitrogen and oxygen atoms in total. The van der Waals surface area contributed by atoms with Gasteiger partial charge in [0.25, 0.3) is 5.91 Å². The van der Waals surface area contributed by atoms with Gasteiger partial charge in [0.15, 0.2) is 5.82 Å². The molecule has 0 unspecified atom stereocenters. The summed E-state index contributed by atoms with van der Waals surface area (Å²) in [7, 11) is 0. The van der Waals surface area contributed by atoms with Crippen molar-refractivity contribution in [1.29, 1.82) is 0 Å². The fourth-order valence-corrected chi connectivity index (χ4v) is 3.46. The van der Waals surface area contributed by atoms with Crippen molar-refractivity contribution in [3.05, 3.63) is 118 Å². The molecule has 0 aliphatic carbocycles. The standard InChI is InChI=1S/C25H19Cl2N3O/c26-22-12-11-19(16-23(22)27)17-30-14-13-24(29-30)28-25(31)21(20-9-5-2-6-10-20)15-18-7-3-1-4-8-18/h1-16H,17H2,(H,28,29,31)/b21-15-. The summed E-state index contributed by atoms with van der Waals surface area (Å²) in [6.07, 6.45) is 3.68. The van der Waals surface area contributed by atoms with E-state index in [2.05, 4.69) is 10.4 Å². The van der Waals surface area contributed by atoms with E-state index in [1.807, 2.05) is 72.8 Å². The van der Waals surface area contributed by atoms with E-state index < -0.39 is 0 Å². The molecule has 1 amide bonds. The molecule has 0 aliphatic heterocycles. The first-order valence-corrected chi connectivity index (χ1v) is 10.4. The molecule has 0 aliphatic rings. The fraction of sp³-hybridized carbons (Fsp3) is 0.0400. The Morgan fingerprint density at radius 3 is 2.32 bits per heavy atom. The van der Waals surface area contributed by atoms with Gasteiger partial charge in [-0.15, -0.1) is 0 Å². The van der Waals surface area contributed by atoms with Crippen LogP contribution >= 0.6 is 23.2 Å². The number of hydrogen-bond acceptors (Lipinski definition) is 2.